The van der Waals surface area contributed by atoms with Crippen LogP contribution in [0.3, 0.4) is 0 Å². The van der Waals surface area contributed by atoms with Gasteiger partial charge in [0.25, 0.3) is 0 Å². The van der Waals surface area contributed by atoms with E-state index in [1.165, 1.54) is 0 Å². The van der Waals surface area contributed by atoms with Gasteiger partial charge in [-0.25, -0.2) is 4.98 Å². The second-order valence-corrected chi connectivity index (χ2v) is 6.42. The molecule has 1 fully saturated rings. The molecule has 5 nitrogen and oxygen atoms in total. The number of methoxy groups -OCH3 is 1. The van der Waals surface area contributed by atoms with E-state index in [1.807, 2.05) is 60.6 Å². The van der Waals surface area contributed by atoms with Crippen LogP contribution in [0.1, 0.15) is 18.4 Å². The summed E-state index contributed by atoms with van der Waals surface area (Å²) in [5, 5.41) is 0. The Morgan fingerprint density at radius 1 is 1.28 bits per heavy atom. The van der Waals surface area contributed by atoms with Gasteiger partial charge in [0.05, 0.1) is 13.5 Å². The fraction of sp³-hybridized carbons (Fsp3) is 0.400. The van der Waals surface area contributed by atoms with E-state index >= 15 is 0 Å². The maximum atomic E-state index is 12.8. The molecule has 2 heterocycles. The van der Waals surface area contributed by atoms with Gasteiger partial charge in [-0.2, -0.15) is 0 Å². The Bertz CT molecular complexity index is 705. The van der Waals surface area contributed by atoms with Crippen LogP contribution in [0.5, 0.6) is 5.75 Å². The molecule has 0 N–H and O–H groups in total. The molecule has 0 unspecified atom stereocenters. The molecule has 2 aromatic rings. The van der Waals surface area contributed by atoms with Crippen molar-refractivity contribution in [3.8, 4) is 5.75 Å². The molecule has 132 valence electrons. The summed E-state index contributed by atoms with van der Waals surface area (Å²) in [7, 11) is 3.54. The zero-order valence-electron chi connectivity index (χ0n) is 14.9. The average Bonchev–Trinajstić information content (AvgIpc) is 2.68. The molecule has 0 aliphatic carbocycles. The summed E-state index contributed by atoms with van der Waals surface area (Å²) >= 11 is 0. The number of likely N-dealkylation sites (N-methyl/N-ethyl adjacent to an activating group) is 1. The Kier molecular flexibility index (Phi) is 5.53. The highest BCUT2D eigenvalue weighted by Gasteiger charge is 2.27. The quantitative estimate of drug-likeness (QED) is 0.840. The van der Waals surface area contributed by atoms with E-state index in [0.29, 0.717) is 6.42 Å². The van der Waals surface area contributed by atoms with Crippen LogP contribution in [0.15, 0.2) is 48.7 Å². The zero-order chi connectivity index (χ0) is 17.6. The van der Waals surface area contributed by atoms with Gasteiger partial charge in [0, 0.05) is 37.9 Å². The summed E-state index contributed by atoms with van der Waals surface area (Å²) in [5.74, 6) is 1.87. The van der Waals surface area contributed by atoms with E-state index in [0.717, 1.165) is 43.1 Å². The lowest BCUT2D eigenvalue weighted by Gasteiger charge is -2.38. The number of pyridine rings is 1. The van der Waals surface area contributed by atoms with E-state index in [-0.39, 0.29) is 11.9 Å². The Hall–Kier alpha value is -2.56. The van der Waals surface area contributed by atoms with Crippen LogP contribution >= 0.6 is 0 Å². The zero-order valence-corrected chi connectivity index (χ0v) is 14.9. The van der Waals surface area contributed by atoms with Gasteiger partial charge >= 0.3 is 0 Å². The van der Waals surface area contributed by atoms with Crippen molar-refractivity contribution in [2.45, 2.75) is 25.3 Å². The summed E-state index contributed by atoms with van der Waals surface area (Å²) in [6.07, 6.45) is 4.26. The molecule has 0 spiro atoms. The van der Waals surface area contributed by atoms with Crippen molar-refractivity contribution in [3.63, 3.8) is 0 Å². The maximum Gasteiger partial charge on any atom is 0.227 e. The van der Waals surface area contributed by atoms with E-state index in [9.17, 15) is 4.79 Å². The minimum absolute atomic E-state index is 0.123. The van der Waals surface area contributed by atoms with Crippen LogP contribution < -0.4 is 9.64 Å². The van der Waals surface area contributed by atoms with Crippen molar-refractivity contribution in [1.82, 2.24) is 9.88 Å². The number of benzene rings is 1. The molecule has 0 radical (unpaired) electrons. The molecule has 1 aromatic heterocycles. The van der Waals surface area contributed by atoms with Gasteiger partial charge in [0.2, 0.25) is 5.91 Å². The first-order chi connectivity index (χ1) is 12.2. The number of rotatable bonds is 5. The van der Waals surface area contributed by atoms with Crippen LogP contribution in [0, 0.1) is 0 Å². The number of aromatic nitrogens is 1. The Balaban J connectivity index is 1.65. The number of hydrogen-bond acceptors (Lipinski definition) is 4. The third-order valence-corrected chi connectivity index (χ3v) is 4.85. The van der Waals surface area contributed by atoms with Crippen LogP contribution in [-0.4, -0.2) is 49.1 Å². The highest BCUT2D eigenvalue weighted by Crippen LogP contribution is 2.22. The number of carbonyl (C=O) groups is 1. The number of nitrogens with zero attached hydrogens (tertiary/aromatic N) is 3. The van der Waals surface area contributed by atoms with E-state index in [4.69, 9.17) is 4.74 Å². The van der Waals surface area contributed by atoms with Crippen molar-refractivity contribution in [1.29, 1.82) is 0 Å². The summed E-state index contributed by atoms with van der Waals surface area (Å²) in [6.45, 7) is 1.81. The maximum absolute atomic E-state index is 12.8. The second-order valence-electron chi connectivity index (χ2n) is 6.42. The van der Waals surface area contributed by atoms with Gasteiger partial charge in [-0.3, -0.25) is 4.79 Å². The molecule has 25 heavy (non-hydrogen) atoms. The summed E-state index contributed by atoms with van der Waals surface area (Å²) < 4.78 is 5.36. The van der Waals surface area contributed by atoms with Crippen molar-refractivity contribution < 1.29 is 9.53 Å². The van der Waals surface area contributed by atoms with Crippen molar-refractivity contribution in [2.24, 2.45) is 0 Å². The predicted octanol–water partition coefficient (Wildman–Crippen LogP) is 2.76. The Labute approximate surface area is 149 Å². The molecule has 5 heteroatoms. The van der Waals surface area contributed by atoms with Crippen LogP contribution in [-0.2, 0) is 11.2 Å². The second kappa shape index (κ2) is 8.01. The van der Waals surface area contributed by atoms with Gasteiger partial charge in [0.15, 0.2) is 0 Å². The number of anilines is 1. The van der Waals surface area contributed by atoms with Gasteiger partial charge in [0.1, 0.15) is 11.6 Å². The third-order valence-electron chi connectivity index (χ3n) is 4.85. The molecule has 1 aromatic carbocycles. The molecular formula is C20H25N3O2. The minimum atomic E-state index is 0.123. The van der Waals surface area contributed by atoms with Gasteiger partial charge in [-0.05, 0) is 31.0 Å². The SMILES string of the molecule is COc1ccccc1CC(=O)N(C)[C@H]1CCCN(c2ccccn2)C1. The normalized spacial score (nSPS) is 17.2. The van der Waals surface area contributed by atoms with Gasteiger partial charge in [-0.1, -0.05) is 24.3 Å². The number of para-hydroxylation sites is 1. The number of ether oxygens (including phenoxy) is 1. The average molecular weight is 339 g/mol. The Morgan fingerprint density at radius 3 is 2.84 bits per heavy atom. The molecule has 1 atom stereocenters. The first-order valence-corrected chi connectivity index (χ1v) is 8.72. The molecule has 0 bridgehead atoms. The highest BCUT2D eigenvalue weighted by molar-refractivity contribution is 5.79. The van der Waals surface area contributed by atoms with Crippen LogP contribution in [0.25, 0.3) is 0 Å². The number of carbonyl (C=O) groups excluding carboxylic acids is 1. The summed E-state index contributed by atoms with van der Waals surface area (Å²) in [6, 6.07) is 13.9. The van der Waals surface area contributed by atoms with Gasteiger partial charge in [-0.15, -0.1) is 0 Å². The highest BCUT2D eigenvalue weighted by atomic mass is 16.5. The van der Waals surface area contributed by atoms with E-state index in [1.54, 1.807) is 7.11 Å². The van der Waals surface area contributed by atoms with Crippen LogP contribution in [0.4, 0.5) is 5.82 Å². The Morgan fingerprint density at radius 2 is 2.08 bits per heavy atom. The number of hydrogen-bond donors (Lipinski definition) is 0. The first-order valence-electron chi connectivity index (χ1n) is 8.72. The fourth-order valence-corrected chi connectivity index (χ4v) is 3.36. The standard InChI is InChI=1S/C20H25N3O2/c1-22(20(24)14-16-8-3-4-10-18(16)25-2)17-9-7-13-23(15-17)19-11-5-6-12-21-19/h3-6,8,10-12,17H,7,9,13-15H2,1-2H3/t17-/m0/s1. The van der Waals surface area contributed by atoms with Crippen molar-refractivity contribution in [2.75, 3.05) is 32.1 Å². The lowest BCUT2D eigenvalue weighted by molar-refractivity contribution is -0.131. The lowest BCUT2D eigenvalue weighted by Crippen LogP contribution is -2.49. The minimum Gasteiger partial charge on any atom is -0.496 e. The molecule has 1 aliphatic heterocycles. The molecule has 1 aliphatic rings. The number of amides is 1. The molecule has 0 saturated carbocycles. The molecule has 1 amide bonds. The monoisotopic (exact) mass is 339 g/mol. The van der Waals surface area contributed by atoms with E-state index < -0.39 is 0 Å². The summed E-state index contributed by atoms with van der Waals surface area (Å²) in [4.78, 5) is 21.4. The third kappa shape index (κ3) is 4.10. The first kappa shape index (κ1) is 17.3. The largest absolute Gasteiger partial charge is 0.496 e. The molecule has 3 rings (SSSR count). The molecular weight excluding hydrogens is 314 g/mol. The smallest absolute Gasteiger partial charge is 0.227 e. The molecule has 1 saturated heterocycles. The van der Waals surface area contributed by atoms with Crippen molar-refractivity contribution >= 4 is 11.7 Å². The topological polar surface area (TPSA) is 45.7 Å². The number of piperidine rings is 1. The lowest BCUT2D eigenvalue weighted by atomic mass is 10.0. The van der Waals surface area contributed by atoms with E-state index in [2.05, 4.69) is 9.88 Å². The predicted molar refractivity (Wildman–Crippen MR) is 98.9 cm³/mol. The van der Waals surface area contributed by atoms with Gasteiger partial charge < -0.3 is 14.5 Å². The van der Waals surface area contributed by atoms with Crippen LogP contribution in [0.2, 0.25) is 0 Å². The fourth-order valence-electron chi connectivity index (χ4n) is 3.36. The van der Waals surface area contributed by atoms with Crippen molar-refractivity contribution in [3.05, 3.63) is 54.2 Å². The summed E-state index contributed by atoms with van der Waals surface area (Å²) in [5.41, 5.74) is 0.930.